The molecule has 9 aromatic carbocycles. The maximum Gasteiger partial charge on any atom is 0.0562 e. The van der Waals surface area contributed by atoms with Gasteiger partial charge in [-0.2, -0.15) is 0 Å². The summed E-state index contributed by atoms with van der Waals surface area (Å²) in [5.74, 6) is 0. The molecule has 0 N–H and O–H groups in total. The number of fused-ring (bicyclic) bond motifs is 7. The first-order chi connectivity index (χ1) is 30.7. The van der Waals surface area contributed by atoms with Gasteiger partial charge in [0.2, 0.25) is 0 Å². The number of nitrogens with zero attached hydrogens (tertiary/aromatic N) is 3. The van der Waals surface area contributed by atoms with Crippen LogP contribution in [0.3, 0.4) is 0 Å². The first-order valence-electron chi connectivity index (χ1n) is 21.9. The summed E-state index contributed by atoms with van der Waals surface area (Å²) >= 11 is 0. The van der Waals surface area contributed by atoms with Gasteiger partial charge in [0.05, 0.1) is 11.0 Å². The molecule has 1 spiro atoms. The number of rotatable bonds is 8. The second-order valence-electron chi connectivity index (χ2n) is 16.9. The van der Waals surface area contributed by atoms with Gasteiger partial charge in [-0.1, -0.05) is 133 Å². The molecular formula is C59H45N3. The van der Waals surface area contributed by atoms with Crippen LogP contribution >= 0.6 is 0 Å². The number of hydrogen-bond acceptors (Lipinski definition) is 2. The minimum atomic E-state index is -0.0460. The van der Waals surface area contributed by atoms with Gasteiger partial charge in [-0.25, -0.2) is 0 Å². The van der Waals surface area contributed by atoms with Crippen LogP contribution in [-0.2, 0) is 18.3 Å². The number of aromatic nitrogens is 1. The van der Waals surface area contributed by atoms with Gasteiger partial charge in [0.1, 0.15) is 0 Å². The maximum absolute atomic E-state index is 2.54. The third-order valence-corrected chi connectivity index (χ3v) is 13.6. The normalized spacial score (nSPS) is 15.2. The van der Waals surface area contributed by atoms with Crippen LogP contribution in [0.25, 0.3) is 38.6 Å². The molecule has 0 fully saturated rings. The maximum atomic E-state index is 2.54. The number of anilines is 6. The molecule has 0 saturated carbocycles. The third kappa shape index (κ3) is 5.88. The Labute approximate surface area is 363 Å². The van der Waals surface area contributed by atoms with Crippen LogP contribution in [0.15, 0.2) is 224 Å². The van der Waals surface area contributed by atoms with Gasteiger partial charge < -0.3 is 14.4 Å². The lowest BCUT2D eigenvalue weighted by Crippen LogP contribution is -2.22. The van der Waals surface area contributed by atoms with Crippen molar-refractivity contribution >= 4 is 55.9 Å². The van der Waals surface area contributed by atoms with E-state index in [1.165, 1.54) is 66.6 Å². The minimum absolute atomic E-state index is 0.0460. The summed E-state index contributed by atoms with van der Waals surface area (Å²) in [5, 5.41) is 2.51. The fourth-order valence-electron chi connectivity index (χ4n) is 10.8. The van der Waals surface area contributed by atoms with E-state index in [-0.39, 0.29) is 5.41 Å². The molecule has 2 aliphatic carbocycles. The van der Waals surface area contributed by atoms with Crippen molar-refractivity contribution in [2.75, 3.05) is 9.80 Å². The van der Waals surface area contributed by atoms with E-state index in [9.17, 15) is 0 Å². The zero-order chi connectivity index (χ0) is 41.0. The summed E-state index contributed by atoms with van der Waals surface area (Å²) in [6.07, 6.45) is 4.41. The van der Waals surface area contributed by atoms with Crippen LogP contribution in [-0.4, -0.2) is 4.57 Å². The SMILES string of the molecule is c1ccc(-c2cccc3c2c2ccc(N(c4ccccc4)c4ccc5c(c4)[C@]4(CCc6ccc(N(c7ccccc7)c7ccccc7)cc64)CC5)cc2n3-c2ccccc2)cc1. The average molecular weight is 796 g/mol. The molecule has 3 heteroatoms. The second kappa shape index (κ2) is 14.8. The van der Waals surface area contributed by atoms with Crippen LogP contribution in [0.1, 0.15) is 35.1 Å². The van der Waals surface area contributed by atoms with Crippen molar-refractivity contribution in [1.82, 2.24) is 4.57 Å². The fraction of sp³-hybridized carbons (Fsp3) is 0.0847. The van der Waals surface area contributed by atoms with Crippen LogP contribution in [0, 0.1) is 0 Å². The monoisotopic (exact) mass is 795 g/mol. The highest BCUT2D eigenvalue weighted by Crippen LogP contribution is 2.55. The Morgan fingerprint density at radius 3 is 1.39 bits per heavy atom. The Bertz CT molecular complexity index is 3190. The smallest absolute Gasteiger partial charge is 0.0562 e. The highest BCUT2D eigenvalue weighted by Gasteiger charge is 2.45. The highest BCUT2D eigenvalue weighted by molar-refractivity contribution is 6.16. The second-order valence-corrected chi connectivity index (χ2v) is 16.9. The van der Waals surface area contributed by atoms with Gasteiger partial charge >= 0.3 is 0 Å². The number of para-hydroxylation sites is 4. The van der Waals surface area contributed by atoms with Gasteiger partial charge in [-0.15, -0.1) is 0 Å². The van der Waals surface area contributed by atoms with Crippen molar-refractivity contribution in [1.29, 1.82) is 0 Å². The Hall–Kier alpha value is -7.62. The molecule has 0 aliphatic heterocycles. The van der Waals surface area contributed by atoms with Crippen molar-refractivity contribution in [3.8, 4) is 16.8 Å². The van der Waals surface area contributed by atoms with E-state index in [4.69, 9.17) is 0 Å². The van der Waals surface area contributed by atoms with E-state index < -0.39 is 0 Å². The summed E-state index contributed by atoms with van der Waals surface area (Å²) < 4.78 is 2.45. The molecule has 1 heterocycles. The summed E-state index contributed by atoms with van der Waals surface area (Å²) in [4.78, 5) is 4.87. The van der Waals surface area contributed by atoms with E-state index >= 15 is 0 Å². The number of hydrogen-bond donors (Lipinski definition) is 0. The van der Waals surface area contributed by atoms with Crippen molar-refractivity contribution in [3.05, 3.63) is 247 Å². The molecule has 62 heavy (non-hydrogen) atoms. The Morgan fingerprint density at radius 2 is 0.839 bits per heavy atom. The van der Waals surface area contributed by atoms with Crippen molar-refractivity contribution in [2.45, 2.75) is 31.1 Å². The van der Waals surface area contributed by atoms with Crippen molar-refractivity contribution in [2.24, 2.45) is 0 Å². The fourth-order valence-corrected chi connectivity index (χ4v) is 10.8. The van der Waals surface area contributed by atoms with Gasteiger partial charge in [0.25, 0.3) is 0 Å². The summed E-state index contributed by atoms with van der Waals surface area (Å²) in [5.41, 5.74) is 18.9. The molecule has 1 atom stereocenters. The standard InChI is InChI=1S/C59H45N3/c1-6-17-42(18-7-1)52-27-16-28-56-58(52)53-34-33-51(41-57(53)62(56)48-25-14-5-15-26-48)61(47-23-12-4-13-24-47)50-32-30-44-36-38-59(55(44)40-50)37-35-43-29-31-49(39-54(43)59)60(45-19-8-2-9-20-45)46-21-10-3-11-22-46/h1-34,39-41H,35-38H2/t59-/m1/s1. The molecule has 296 valence electrons. The predicted molar refractivity (Wildman–Crippen MR) is 259 cm³/mol. The Morgan fingerprint density at radius 1 is 0.371 bits per heavy atom. The summed E-state index contributed by atoms with van der Waals surface area (Å²) in [7, 11) is 0. The topological polar surface area (TPSA) is 11.4 Å². The van der Waals surface area contributed by atoms with Crippen LogP contribution in [0.4, 0.5) is 34.1 Å². The Kier molecular flexibility index (Phi) is 8.67. The largest absolute Gasteiger partial charge is 0.310 e. The van der Waals surface area contributed by atoms with Crippen LogP contribution < -0.4 is 9.80 Å². The van der Waals surface area contributed by atoms with Gasteiger partial charge in [-0.3, -0.25) is 0 Å². The van der Waals surface area contributed by atoms with Crippen LogP contribution in [0.5, 0.6) is 0 Å². The molecule has 3 nitrogen and oxygen atoms in total. The lowest BCUT2D eigenvalue weighted by atomic mass is 9.76. The average Bonchev–Trinajstić information content (AvgIpc) is 4.02. The predicted octanol–water partition coefficient (Wildman–Crippen LogP) is 15.6. The molecule has 0 radical (unpaired) electrons. The highest BCUT2D eigenvalue weighted by atomic mass is 15.1. The van der Waals surface area contributed by atoms with E-state index in [0.717, 1.165) is 54.1 Å². The lowest BCUT2D eigenvalue weighted by molar-refractivity contribution is 0.507. The molecule has 0 amide bonds. The van der Waals surface area contributed by atoms with Crippen molar-refractivity contribution < 1.29 is 0 Å². The lowest BCUT2D eigenvalue weighted by Gasteiger charge is -2.31. The molecule has 0 bridgehead atoms. The van der Waals surface area contributed by atoms with E-state index in [0.29, 0.717) is 0 Å². The minimum Gasteiger partial charge on any atom is -0.310 e. The molecule has 1 aromatic heterocycles. The van der Waals surface area contributed by atoms with E-state index in [2.05, 4.69) is 239 Å². The molecule has 10 aromatic rings. The third-order valence-electron chi connectivity index (χ3n) is 13.6. The van der Waals surface area contributed by atoms with E-state index in [1.54, 1.807) is 0 Å². The zero-order valence-electron chi connectivity index (χ0n) is 34.5. The quantitative estimate of drug-likeness (QED) is 0.152. The molecule has 2 aliphatic rings. The van der Waals surface area contributed by atoms with Crippen LogP contribution in [0.2, 0.25) is 0 Å². The number of benzene rings is 9. The van der Waals surface area contributed by atoms with Gasteiger partial charge in [0.15, 0.2) is 0 Å². The number of aryl methyl sites for hydroxylation is 2. The first kappa shape index (κ1) is 36.2. The van der Waals surface area contributed by atoms with Crippen molar-refractivity contribution in [3.63, 3.8) is 0 Å². The zero-order valence-corrected chi connectivity index (χ0v) is 34.5. The molecule has 0 saturated heterocycles. The van der Waals surface area contributed by atoms with E-state index in [1.807, 2.05) is 0 Å². The summed E-state index contributed by atoms with van der Waals surface area (Å²) in [6.45, 7) is 0. The van der Waals surface area contributed by atoms with Gasteiger partial charge in [0, 0.05) is 56.0 Å². The Balaban J connectivity index is 1.02. The first-order valence-corrected chi connectivity index (χ1v) is 21.9. The molecule has 12 rings (SSSR count). The molecule has 0 unspecified atom stereocenters. The summed E-state index contributed by atoms with van der Waals surface area (Å²) in [6, 6.07) is 82.5. The molecular weight excluding hydrogens is 751 g/mol. The van der Waals surface area contributed by atoms with Gasteiger partial charge in [-0.05, 0) is 150 Å².